The maximum Gasteiger partial charge on any atom is 0.216 e. The normalized spacial score (nSPS) is 14.9. The highest BCUT2D eigenvalue weighted by molar-refractivity contribution is 5.20. The first-order valence-electron chi connectivity index (χ1n) is 5.53. The Morgan fingerprint density at radius 2 is 1.88 bits per heavy atom. The van der Waals surface area contributed by atoms with Gasteiger partial charge in [0.05, 0.1) is 18.9 Å². The van der Waals surface area contributed by atoms with Crippen molar-refractivity contribution in [2.75, 3.05) is 7.11 Å². The Balaban J connectivity index is 3.13. The highest BCUT2D eigenvalue weighted by atomic mass is 16.5. The Morgan fingerprint density at radius 3 is 2.31 bits per heavy atom. The van der Waals surface area contributed by atoms with Crippen molar-refractivity contribution in [3.8, 4) is 5.88 Å². The lowest BCUT2D eigenvalue weighted by Gasteiger charge is -2.23. The predicted molar refractivity (Wildman–Crippen MR) is 62.6 cm³/mol. The summed E-state index contributed by atoms with van der Waals surface area (Å²) in [5, 5.41) is 9.79. The topological polar surface area (TPSA) is 55.2 Å². The number of nitrogens with zero attached hydrogens (tertiary/aromatic N) is 2. The number of ether oxygens (including phenoxy) is 1. The quantitative estimate of drug-likeness (QED) is 0.848. The molecule has 0 bridgehead atoms. The van der Waals surface area contributed by atoms with E-state index in [1.165, 1.54) is 0 Å². The number of aromatic nitrogens is 2. The molecular formula is C12H20N2O2. The van der Waals surface area contributed by atoms with Crippen LogP contribution in [-0.4, -0.2) is 28.3 Å². The first-order valence-corrected chi connectivity index (χ1v) is 5.53. The molecule has 0 spiro atoms. The maximum atomic E-state index is 9.79. The zero-order chi connectivity index (χ0) is 12.3. The summed E-state index contributed by atoms with van der Waals surface area (Å²) in [6, 6.07) is 1.80. The van der Waals surface area contributed by atoms with Gasteiger partial charge in [0.2, 0.25) is 5.88 Å². The third-order valence-electron chi connectivity index (χ3n) is 2.62. The Bertz CT molecular complexity index is 343. The molecule has 1 aromatic heterocycles. The number of methoxy groups -OCH3 is 1. The van der Waals surface area contributed by atoms with E-state index in [9.17, 15) is 5.11 Å². The lowest BCUT2D eigenvalue weighted by Crippen LogP contribution is -2.21. The average Bonchev–Trinajstić information content (AvgIpc) is 2.15. The van der Waals surface area contributed by atoms with E-state index in [2.05, 4.69) is 23.8 Å². The van der Waals surface area contributed by atoms with E-state index in [0.717, 1.165) is 5.69 Å². The summed E-state index contributed by atoms with van der Waals surface area (Å²) < 4.78 is 5.11. The van der Waals surface area contributed by atoms with E-state index in [1.807, 2.05) is 6.92 Å². The molecule has 0 aliphatic heterocycles. The molecule has 4 heteroatoms. The van der Waals surface area contributed by atoms with Gasteiger partial charge >= 0.3 is 0 Å². The van der Waals surface area contributed by atoms with Crippen LogP contribution in [0.15, 0.2) is 6.07 Å². The van der Waals surface area contributed by atoms with Gasteiger partial charge in [0.1, 0.15) is 5.82 Å². The average molecular weight is 224 g/mol. The van der Waals surface area contributed by atoms with Crippen molar-refractivity contribution in [1.29, 1.82) is 0 Å². The minimum Gasteiger partial charge on any atom is -0.481 e. The van der Waals surface area contributed by atoms with Gasteiger partial charge in [-0.1, -0.05) is 13.8 Å². The Hall–Kier alpha value is -1.16. The highest BCUT2D eigenvalue weighted by Gasteiger charge is 2.23. The SMILES string of the molecule is COc1cc(C(C(C)C)C(C)O)nc(C)n1. The van der Waals surface area contributed by atoms with E-state index in [0.29, 0.717) is 17.6 Å². The van der Waals surface area contributed by atoms with Crippen molar-refractivity contribution >= 4 is 0 Å². The third-order valence-corrected chi connectivity index (χ3v) is 2.62. The van der Waals surface area contributed by atoms with Gasteiger partial charge in [0.15, 0.2) is 0 Å². The van der Waals surface area contributed by atoms with Crippen LogP contribution in [0.3, 0.4) is 0 Å². The fourth-order valence-corrected chi connectivity index (χ4v) is 1.98. The molecule has 0 saturated carbocycles. The first-order chi connectivity index (χ1) is 7.45. The van der Waals surface area contributed by atoms with Crippen LogP contribution in [0.2, 0.25) is 0 Å². The van der Waals surface area contributed by atoms with E-state index in [-0.39, 0.29) is 5.92 Å². The molecule has 1 aromatic rings. The summed E-state index contributed by atoms with van der Waals surface area (Å²) in [6.45, 7) is 7.75. The Labute approximate surface area is 96.7 Å². The zero-order valence-electron chi connectivity index (χ0n) is 10.6. The lowest BCUT2D eigenvalue weighted by molar-refractivity contribution is 0.138. The minimum atomic E-state index is -0.431. The molecule has 0 aliphatic carbocycles. The first kappa shape index (κ1) is 12.9. The molecule has 2 unspecified atom stereocenters. The largest absolute Gasteiger partial charge is 0.481 e. The van der Waals surface area contributed by atoms with Crippen molar-refractivity contribution < 1.29 is 9.84 Å². The van der Waals surface area contributed by atoms with Crippen LogP contribution in [0, 0.1) is 12.8 Å². The second-order valence-electron chi connectivity index (χ2n) is 4.39. The van der Waals surface area contributed by atoms with Crippen molar-refractivity contribution in [2.24, 2.45) is 5.92 Å². The van der Waals surface area contributed by atoms with Crippen LogP contribution < -0.4 is 4.74 Å². The molecule has 0 aliphatic rings. The van der Waals surface area contributed by atoms with Gasteiger partial charge < -0.3 is 9.84 Å². The predicted octanol–water partition coefficient (Wildman–Crippen LogP) is 1.91. The van der Waals surface area contributed by atoms with E-state index in [4.69, 9.17) is 4.74 Å². The molecule has 0 fully saturated rings. The summed E-state index contributed by atoms with van der Waals surface area (Å²) >= 11 is 0. The van der Waals surface area contributed by atoms with E-state index >= 15 is 0 Å². The molecular weight excluding hydrogens is 204 g/mol. The lowest BCUT2D eigenvalue weighted by atomic mass is 9.88. The van der Waals surface area contributed by atoms with Gasteiger partial charge in [-0.25, -0.2) is 4.98 Å². The second kappa shape index (κ2) is 5.25. The smallest absolute Gasteiger partial charge is 0.216 e. The van der Waals surface area contributed by atoms with Crippen LogP contribution in [0.1, 0.15) is 38.2 Å². The highest BCUT2D eigenvalue weighted by Crippen LogP contribution is 2.28. The second-order valence-corrected chi connectivity index (χ2v) is 4.39. The Kier molecular flexibility index (Phi) is 4.24. The monoisotopic (exact) mass is 224 g/mol. The maximum absolute atomic E-state index is 9.79. The van der Waals surface area contributed by atoms with Gasteiger partial charge in [0.25, 0.3) is 0 Å². The molecule has 1 heterocycles. The fourth-order valence-electron chi connectivity index (χ4n) is 1.98. The molecule has 1 rings (SSSR count). The van der Waals surface area contributed by atoms with Crippen LogP contribution in [0.4, 0.5) is 0 Å². The van der Waals surface area contributed by atoms with Gasteiger partial charge in [-0.15, -0.1) is 0 Å². The van der Waals surface area contributed by atoms with Crippen LogP contribution in [0.5, 0.6) is 5.88 Å². The summed E-state index contributed by atoms with van der Waals surface area (Å²) in [4.78, 5) is 8.51. The number of aliphatic hydroxyl groups is 1. The van der Waals surface area contributed by atoms with Crippen molar-refractivity contribution in [3.05, 3.63) is 17.6 Å². The third kappa shape index (κ3) is 2.92. The summed E-state index contributed by atoms with van der Waals surface area (Å²) in [7, 11) is 1.58. The molecule has 0 amide bonds. The number of hydrogen-bond acceptors (Lipinski definition) is 4. The molecule has 2 atom stereocenters. The van der Waals surface area contributed by atoms with Gasteiger partial charge in [0, 0.05) is 12.0 Å². The molecule has 0 saturated heterocycles. The molecule has 0 radical (unpaired) electrons. The number of rotatable bonds is 4. The van der Waals surface area contributed by atoms with Gasteiger partial charge in [-0.3, -0.25) is 0 Å². The number of hydrogen-bond donors (Lipinski definition) is 1. The summed E-state index contributed by atoms with van der Waals surface area (Å²) in [5.74, 6) is 1.55. The number of aliphatic hydroxyl groups excluding tert-OH is 1. The molecule has 90 valence electrons. The van der Waals surface area contributed by atoms with Gasteiger partial charge in [-0.2, -0.15) is 4.98 Å². The molecule has 0 aromatic carbocycles. The summed E-state index contributed by atoms with van der Waals surface area (Å²) in [6.07, 6.45) is -0.431. The van der Waals surface area contributed by atoms with E-state index < -0.39 is 6.10 Å². The molecule has 16 heavy (non-hydrogen) atoms. The molecule has 4 nitrogen and oxygen atoms in total. The van der Waals surface area contributed by atoms with Crippen molar-refractivity contribution in [1.82, 2.24) is 9.97 Å². The van der Waals surface area contributed by atoms with Crippen molar-refractivity contribution in [2.45, 2.75) is 39.7 Å². The van der Waals surface area contributed by atoms with Crippen LogP contribution in [-0.2, 0) is 0 Å². The van der Waals surface area contributed by atoms with Crippen molar-refractivity contribution in [3.63, 3.8) is 0 Å². The van der Waals surface area contributed by atoms with Gasteiger partial charge in [-0.05, 0) is 19.8 Å². The van der Waals surface area contributed by atoms with Crippen LogP contribution >= 0.6 is 0 Å². The minimum absolute atomic E-state index is 0.00981. The Morgan fingerprint density at radius 1 is 1.25 bits per heavy atom. The number of aryl methyl sites for hydroxylation is 1. The standard InChI is InChI=1S/C12H20N2O2/c1-7(2)12(8(3)15)10-6-11(16-5)14-9(4)13-10/h6-8,12,15H,1-5H3. The zero-order valence-corrected chi connectivity index (χ0v) is 10.6. The molecule has 1 N–H and O–H groups in total. The van der Waals surface area contributed by atoms with Crippen LogP contribution in [0.25, 0.3) is 0 Å². The fraction of sp³-hybridized carbons (Fsp3) is 0.667. The summed E-state index contributed by atoms with van der Waals surface area (Å²) in [5.41, 5.74) is 0.842. The van der Waals surface area contributed by atoms with E-state index in [1.54, 1.807) is 20.1 Å².